The van der Waals surface area contributed by atoms with Gasteiger partial charge < -0.3 is 35.7 Å². The average Bonchev–Trinajstić information content (AvgIpc) is 3.27. The summed E-state index contributed by atoms with van der Waals surface area (Å²) in [5.41, 5.74) is 11.7. The molecule has 0 bridgehead atoms. The first-order valence-corrected chi connectivity index (χ1v) is 10.2. The lowest BCUT2D eigenvalue weighted by atomic mass is 9.95. The highest BCUT2D eigenvalue weighted by Crippen LogP contribution is 2.40. The van der Waals surface area contributed by atoms with E-state index >= 15 is 0 Å². The van der Waals surface area contributed by atoms with Crippen molar-refractivity contribution in [3.8, 4) is 18.1 Å². The number of aliphatic hydroxyl groups is 2. The highest BCUT2D eigenvalue weighted by atomic mass is 16.6. The van der Waals surface area contributed by atoms with Crippen LogP contribution in [0, 0.1) is 12.3 Å². The first-order valence-electron chi connectivity index (χ1n) is 10.2. The Morgan fingerprint density at radius 1 is 1.27 bits per heavy atom. The van der Waals surface area contributed by atoms with Crippen LogP contribution >= 0.6 is 0 Å². The number of aliphatic hydroxyl groups excluding tert-OH is 1. The summed E-state index contributed by atoms with van der Waals surface area (Å²) in [7, 11) is 0. The van der Waals surface area contributed by atoms with Crippen molar-refractivity contribution in [2.45, 2.75) is 31.0 Å². The molecule has 0 radical (unpaired) electrons. The molecule has 3 aromatic heterocycles. The van der Waals surface area contributed by atoms with Gasteiger partial charge in [0.2, 0.25) is 0 Å². The fourth-order valence-electron chi connectivity index (χ4n) is 4.07. The second kappa shape index (κ2) is 7.60. The molecule has 5 rings (SSSR count). The molecule has 4 atom stereocenters. The van der Waals surface area contributed by atoms with Crippen molar-refractivity contribution >= 4 is 33.6 Å². The minimum atomic E-state index is -1.62. The molecule has 1 aromatic carbocycles. The van der Waals surface area contributed by atoms with Gasteiger partial charge in [-0.15, -0.1) is 6.42 Å². The van der Waals surface area contributed by atoms with Crippen LogP contribution in [0.15, 0.2) is 42.9 Å². The maximum absolute atomic E-state index is 11.0. The number of benzene rings is 1. The number of hydrogen-bond donors (Lipinski definition) is 4. The SMILES string of the molecule is C#Cc1cn([C@@H]2O[C@H](COc3ccc4ccc(N)nc4c3)[C@@](C)(O)[C@H]2O)c2ncnc(N)c12. The van der Waals surface area contributed by atoms with Gasteiger partial charge in [0.1, 0.15) is 53.8 Å². The Labute approximate surface area is 188 Å². The number of pyridine rings is 1. The number of nitrogens with zero attached hydrogens (tertiary/aromatic N) is 4. The van der Waals surface area contributed by atoms with E-state index in [0.29, 0.717) is 33.7 Å². The van der Waals surface area contributed by atoms with Crippen LogP contribution in [-0.2, 0) is 4.74 Å². The van der Waals surface area contributed by atoms with Gasteiger partial charge in [0, 0.05) is 17.6 Å². The predicted octanol–water partition coefficient (Wildman–Crippen LogP) is 1.21. The number of hydrogen-bond acceptors (Lipinski definition) is 9. The standard InChI is InChI=1S/C23H22N6O4/c1-3-12-9-29(21-18(12)20(25)26-11-27-21)22-19(30)23(2,31)16(33-22)10-32-14-6-4-13-5-7-17(24)28-15(13)8-14/h1,4-9,11,16,19,22,30-31H,10H2,2H3,(H2,24,28)(H2,25,26,27)/t16-,19+,22-,23-/m1/s1. The third-order valence-corrected chi connectivity index (χ3v) is 5.98. The summed E-state index contributed by atoms with van der Waals surface area (Å²) in [5, 5.41) is 23.4. The quantitative estimate of drug-likeness (QED) is 0.339. The lowest BCUT2D eigenvalue weighted by Gasteiger charge is -2.26. The monoisotopic (exact) mass is 446 g/mol. The van der Waals surface area contributed by atoms with Crippen LogP contribution in [0.2, 0.25) is 0 Å². The number of ether oxygens (including phenoxy) is 2. The van der Waals surface area contributed by atoms with Gasteiger partial charge in [-0.25, -0.2) is 15.0 Å². The number of nitrogens with two attached hydrogens (primary N) is 2. The Kier molecular flexibility index (Phi) is 4.83. The summed E-state index contributed by atoms with van der Waals surface area (Å²) in [6.07, 6.45) is 5.40. The Morgan fingerprint density at radius 2 is 2.06 bits per heavy atom. The number of terminal acetylenes is 1. The second-order valence-electron chi connectivity index (χ2n) is 8.14. The molecule has 1 fully saturated rings. The predicted molar refractivity (Wildman–Crippen MR) is 122 cm³/mol. The largest absolute Gasteiger partial charge is 0.491 e. The highest BCUT2D eigenvalue weighted by molar-refractivity contribution is 5.92. The van der Waals surface area contributed by atoms with Crippen LogP contribution in [0.1, 0.15) is 18.7 Å². The van der Waals surface area contributed by atoms with E-state index in [0.717, 1.165) is 5.39 Å². The summed E-state index contributed by atoms with van der Waals surface area (Å²) in [6.45, 7) is 1.47. The Morgan fingerprint density at radius 3 is 2.85 bits per heavy atom. The molecular weight excluding hydrogens is 424 g/mol. The molecule has 0 spiro atoms. The molecule has 1 saturated heterocycles. The molecule has 33 heavy (non-hydrogen) atoms. The van der Waals surface area contributed by atoms with Crippen molar-refractivity contribution in [3.63, 3.8) is 0 Å². The molecule has 10 heteroatoms. The maximum atomic E-state index is 11.0. The minimum Gasteiger partial charge on any atom is -0.491 e. The molecule has 0 saturated carbocycles. The van der Waals surface area contributed by atoms with Crippen LogP contribution in [0.4, 0.5) is 11.6 Å². The smallest absolute Gasteiger partial charge is 0.164 e. The second-order valence-corrected chi connectivity index (χ2v) is 8.14. The third-order valence-electron chi connectivity index (χ3n) is 5.98. The molecule has 4 heterocycles. The van der Waals surface area contributed by atoms with Crippen LogP contribution in [-0.4, -0.2) is 54.1 Å². The van der Waals surface area contributed by atoms with E-state index in [2.05, 4.69) is 20.9 Å². The van der Waals surface area contributed by atoms with Gasteiger partial charge in [-0.2, -0.15) is 0 Å². The van der Waals surface area contributed by atoms with E-state index in [9.17, 15) is 10.2 Å². The summed E-state index contributed by atoms with van der Waals surface area (Å²) < 4.78 is 13.5. The zero-order valence-electron chi connectivity index (χ0n) is 17.7. The summed E-state index contributed by atoms with van der Waals surface area (Å²) in [4.78, 5) is 12.5. The van der Waals surface area contributed by atoms with Crippen molar-refractivity contribution in [2.24, 2.45) is 0 Å². The van der Waals surface area contributed by atoms with Gasteiger partial charge in [0.05, 0.1) is 16.5 Å². The van der Waals surface area contributed by atoms with E-state index in [4.69, 9.17) is 27.4 Å². The molecule has 4 aromatic rings. The van der Waals surface area contributed by atoms with Gasteiger partial charge in [-0.3, -0.25) is 0 Å². The Hall–Kier alpha value is -3.91. The highest BCUT2D eigenvalue weighted by Gasteiger charge is 2.53. The number of rotatable bonds is 4. The number of aromatic nitrogens is 4. The molecular formula is C23H22N6O4. The van der Waals surface area contributed by atoms with Crippen molar-refractivity contribution < 1.29 is 19.7 Å². The van der Waals surface area contributed by atoms with Crippen molar-refractivity contribution in [1.29, 1.82) is 0 Å². The van der Waals surface area contributed by atoms with Crippen molar-refractivity contribution in [3.05, 3.63) is 48.4 Å². The van der Waals surface area contributed by atoms with Crippen molar-refractivity contribution in [1.82, 2.24) is 19.5 Å². The number of fused-ring (bicyclic) bond motifs is 2. The van der Waals surface area contributed by atoms with Crippen LogP contribution in [0.5, 0.6) is 5.75 Å². The van der Waals surface area contributed by atoms with Crippen LogP contribution < -0.4 is 16.2 Å². The van der Waals surface area contributed by atoms with Gasteiger partial charge in [-0.05, 0) is 31.2 Å². The maximum Gasteiger partial charge on any atom is 0.164 e. The van der Waals surface area contributed by atoms with E-state index in [1.165, 1.54) is 13.3 Å². The summed E-state index contributed by atoms with van der Waals surface area (Å²) in [6, 6.07) is 9.00. The zero-order chi connectivity index (χ0) is 23.3. The zero-order valence-corrected chi connectivity index (χ0v) is 17.7. The topological polar surface area (TPSA) is 155 Å². The van der Waals surface area contributed by atoms with Gasteiger partial charge in [0.25, 0.3) is 0 Å². The lowest BCUT2D eigenvalue weighted by molar-refractivity contribution is -0.0765. The van der Waals surface area contributed by atoms with E-state index < -0.39 is 24.0 Å². The lowest BCUT2D eigenvalue weighted by Crippen LogP contribution is -2.47. The fourth-order valence-corrected chi connectivity index (χ4v) is 4.07. The Balaban J connectivity index is 1.42. The van der Waals surface area contributed by atoms with E-state index in [1.54, 1.807) is 29.0 Å². The average molecular weight is 446 g/mol. The molecule has 0 unspecified atom stereocenters. The molecule has 10 nitrogen and oxygen atoms in total. The van der Waals surface area contributed by atoms with E-state index in [-0.39, 0.29) is 12.4 Å². The van der Waals surface area contributed by atoms with Crippen LogP contribution in [0.3, 0.4) is 0 Å². The minimum absolute atomic E-state index is 0.0211. The van der Waals surface area contributed by atoms with Gasteiger partial charge in [-0.1, -0.05) is 5.92 Å². The molecule has 0 aliphatic carbocycles. The molecule has 168 valence electrons. The Bertz CT molecular complexity index is 1410. The van der Waals surface area contributed by atoms with Crippen molar-refractivity contribution in [2.75, 3.05) is 18.1 Å². The third kappa shape index (κ3) is 3.39. The summed E-state index contributed by atoms with van der Waals surface area (Å²) >= 11 is 0. The van der Waals surface area contributed by atoms with Crippen LogP contribution in [0.25, 0.3) is 21.9 Å². The normalized spacial score (nSPS) is 24.8. The number of anilines is 2. The first-order chi connectivity index (χ1) is 15.8. The van der Waals surface area contributed by atoms with E-state index in [1.807, 2.05) is 12.1 Å². The molecule has 1 aliphatic rings. The summed E-state index contributed by atoms with van der Waals surface area (Å²) in [5.74, 6) is 3.70. The first kappa shape index (κ1) is 21.0. The molecule has 0 amide bonds. The number of nitrogen functional groups attached to an aromatic ring is 2. The fraction of sp³-hybridized carbons (Fsp3) is 0.261. The molecule has 6 N–H and O–H groups in total. The van der Waals surface area contributed by atoms with Gasteiger partial charge in [0.15, 0.2) is 6.23 Å². The van der Waals surface area contributed by atoms with Gasteiger partial charge >= 0.3 is 0 Å². The molecule has 1 aliphatic heterocycles.